The molecule has 25 heavy (non-hydrogen) atoms. The highest BCUT2D eigenvalue weighted by molar-refractivity contribution is 5.87. The molecule has 0 amide bonds. The van der Waals surface area contributed by atoms with Crippen molar-refractivity contribution >= 4 is 17.9 Å². The number of hydrazone groups is 1. The number of nitrogens with zero attached hydrogens (tertiary/aromatic N) is 3. The number of phenolic OH excluding ortho intramolecular Hbond substituents is 1. The summed E-state index contributed by atoms with van der Waals surface area (Å²) in [4.78, 5) is 28.7. The van der Waals surface area contributed by atoms with Gasteiger partial charge in [-0.3, -0.25) is 19.9 Å². The van der Waals surface area contributed by atoms with Crippen LogP contribution in [0.4, 0.5) is 11.6 Å². The maximum absolute atomic E-state index is 11.6. The van der Waals surface area contributed by atoms with Crippen LogP contribution in [0.2, 0.25) is 0 Å². The van der Waals surface area contributed by atoms with Crippen molar-refractivity contribution < 1.29 is 14.8 Å². The zero-order valence-electron chi connectivity index (χ0n) is 13.8. The summed E-state index contributed by atoms with van der Waals surface area (Å²) < 4.78 is 4.85. The van der Waals surface area contributed by atoms with Crippen LogP contribution in [-0.2, 0) is 0 Å². The molecule has 0 aliphatic rings. The predicted molar refractivity (Wildman–Crippen MR) is 91.5 cm³/mol. The Balaban J connectivity index is 2.30. The van der Waals surface area contributed by atoms with E-state index in [9.17, 15) is 20.0 Å². The number of H-pyrrole nitrogens is 1. The molecular formula is C15H17N5O5. The van der Waals surface area contributed by atoms with E-state index in [2.05, 4.69) is 20.5 Å². The molecule has 0 aliphatic carbocycles. The molecule has 0 saturated heterocycles. The standard InChI is InChI=1S/C15H17N5O5/c1-8(2)10-5-14(22)18-15(17-10)19-16-7-9-4-12(21)13(25-3)6-11(9)20(23)24/h4-8,21H,1-3H3,(H2,17,18,19,22)/b16-7-. The van der Waals surface area contributed by atoms with E-state index in [4.69, 9.17) is 4.74 Å². The molecule has 3 N–H and O–H groups in total. The first-order valence-corrected chi connectivity index (χ1v) is 7.27. The van der Waals surface area contributed by atoms with Gasteiger partial charge in [0.1, 0.15) is 0 Å². The minimum atomic E-state index is -0.622. The third-order valence-electron chi connectivity index (χ3n) is 3.25. The number of nitro groups is 1. The Morgan fingerprint density at radius 2 is 2.16 bits per heavy atom. The largest absolute Gasteiger partial charge is 0.504 e. The van der Waals surface area contributed by atoms with Crippen LogP contribution in [0.25, 0.3) is 0 Å². The molecule has 0 spiro atoms. The Labute approximate surface area is 142 Å². The SMILES string of the molecule is COc1cc([N+](=O)[O-])c(/C=N\Nc2nc(C(C)C)cc(=O)[nH]2)cc1O. The lowest BCUT2D eigenvalue weighted by Crippen LogP contribution is -2.12. The van der Waals surface area contributed by atoms with E-state index in [1.165, 1.54) is 13.2 Å². The number of methoxy groups -OCH3 is 1. The number of benzene rings is 1. The summed E-state index contributed by atoms with van der Waals surface area (Å²) in [5.41, 5.74) is 2.51. The van der Waals surface area contributed by atoms with Crippen LogP contribution >= 0.6 is 0 Å². The van der Waals surface area contributed by atoms with Crippen LogP contribution in [0.1, 0.15) is 31.0 Å². The van der Waals surface area contributed by atoms with E-state index >= 15 is 0 Å². The molecule has 1 aromatic carbocycles. The lowest BCUT2D eigenvalue weighted by molar-refractivity contribution is -0.385. The zero-order chi connectivity index (χ0) is 18.6. The summed E-state index contributed by atoms with van der Waals surface area (Å²) in [5, 5.41) is 24.7. The molecule has 0 fully saturated rings. The second kappa shape index (κ2) is 7.43. The van der Waals surface area contributed by atoms with E-state index in [1.807, 2.05) is 13.8 Å². The summed E-state index contributed by atoms with van der Waals surface area (Å²) in [7, 11) is 1.29. The number of phenols is 1. The van der Waals surface area contributed by atoms with Crippen molar-refractivity contribution in [3.63, 3.8) is 0 Å². The molecule has 10 heteroatoms. The van der Waals surface area contributed by atoms with E-state index in [0.717, 1.165) is 18.3 Å². The number of aromatic hydroxyl groups is 1. The molecule has 0 bridgehead atoms. The van der Waals surface area contributed by atoms with Crippen molar-refractivity contribution in [2.24, 2.45) is 5.10 Å². The number of aromatic nitrogens is 2. The minimum Gasteiger partial charge on any atom is -0.504 e. The summed E-state index contributed by atoms with van der Waals surface area (Å²) in [6.07, 6.45) is 1.14. The maximum Gasteiger partial charge on any atom is 0.282 e. The molecule has 1 aromatic heterocycles. The minimum absolute atomic E-state index is 0.0209. The van der Waals surface area contributed by atoms with E-state index < -0.39 is 4.92 Å². The highest BCUT2D eigenvalue weighted by atomic mass is 16.6. The van der Waals surface area contributed by atoms with Gasteiger partial charge in [-0.25, -0.2) is 10.4 Å². The van der Waals surface area contributed by atoms with Gasteiger partial charge in [-0.05, 0) is 12.0 Å². The monoisotopic (exact) mass is 347 g/mol. The first kappa shape index (κ1) is 17.9. The Morgan fingerprint density at radius 1 is 1.44 bits per heavy atom. The molecule has 0 saturated carbocycles. The number of nitro benzene ring substituents is 1. The van der Waals surface area contributed by atoms with Crippen molar-refractivity contribution in [2.45, 2.75) is 19.8 Å². The molecule has 2 aromatic rings. The second-order valence-corrected chi connectivity index (χ2v) is 5.38. The van der Waals surface area contributed by atoms with Crippen LogP contribution in [0.3, 0.4) is 0 Å². The normalized spacial score (nSPS) is 11.0. The molecule has 132 valence electrons. The number of rotatable bonds is 6. The van der Waals surface area contributed by atoms with Gasteiger partial charge in [0.2, 0.25) is 5.95 Å². The summed E-state index contributed by atoms with van der Waals surface area (Å²) in [6, 6.07) is 3.63. The Hall–Kier alpha value is -3.43. The van der Waals surface area contributed by atoms with Crippen molar-refractivity contribution in [1.82, 2.24) is 9.97 Å². The molecule has 0 aliphatic heterocycles. The second-order valence-electron chi connectivity index (χ2n) is 5.38. The summed E-state index contributed by atoms with van der Waals surface area (Å²) in [5.74, 6) is -0.130. The van der Waals surface area contributed by atoms with Crippen LogP contribution in [0.5, 0.6) is 11.5 Å². The number of nitrogens with one attached hydrogen (secondary N) is 2. The highest BCUT2D eigenvalue weighted by Crippen LogP contribution is 2.32. The first-order valence-electron chi connectivity index (χ1n) is 7.27. The van der Waals surface area contributed by atoms with Crippen LogP contribution in [-0.4, -0.2) is 33.3 Å². The van der Waals surface area contributed by atoms with Gasteiger partial charge < -0.3 is 9.84 Å². The van der Waals surface area contributed by atoms with Gasteiger partial charge in [-0.1, -0.05) is 13.8 Å². The number of aromatic amines is 1. The van der Waals surface area contributed by atoms with E-state index in [-0.39, 0.29) is 40.2 Å². The molecule has 0 radical (unpaired) electrons. The fraction of sp³-hybridized carbons (Fsp3) is 0.267. The number of anilines is 1. The average molecular weight is 347 g/mol. The van der Waals surface area contributed by atoms with Crippen LogP contribution in [0, 0.1) is 10.1 Å². The topological polar surface area (TPSA) is 143 Å². The Kier molecular flexibility index (Phi) is 5.32. The highest BCUT2D eigenvalue weighted by Gasteiger charge is 2.17. The van der Waals surface area contributed by atoms with Gasteiger partial charge in [0.15, 0.2) is 11.5 Å². The molecule has 10 nitrogen and oxygen atoms in total. The third-order valence-corrected chi connectivity index (χ3v) is 3.25. The zero-order valence-corrected chi connectivity index (χ0v) is 13.8. The molecule has 2 rings (SSSR count). The van der Waals surface area contributed by atoms with Gasteiger partial charge in [0.25, 0.3) is 11.2 Å². The quantitative estimate of drug-likeness (QED) is 0.412. The van der Waals surface area contributed by atoms with Crippen molar-refractivity contribution in [3.8, 4) is 11.5 Å². The molecule has 0 unspecified atom stereocenters. The number of hydrogen-bond acceptors (Lipinski definition) is 8. The fourth-order valence-electron chi connectivity index (χ4n) is 1.99. The summed E-state index contributed by atoms with van der Waals surface area (Å²) >= 11 is 0. The van der Waals surface area contributed by atoms with Gasteiger partial charge in [-0.15, -0.1) is 0 Å². The van der Waals surface area contributed by atoms with Crippen molar-refractivity contribution in [2.75, 3.05) is 12.5 Å². The first-order chi connectivity index (χ1) is 11.8. The molecular weight excluding hydrogens is 330 g/mol. The van der Waals surface area contributed by atoms with Crippen molar-refractivity contribution in [1.29, 1.82) is 0 Å². The van der Waals surface area contributed by atoms with Gasteiger partial charge in [0.05, 0.1) is 35.6 Å². The maximum atomic E-state index is 11.6. The number of ether oxygens (including phenoxy) is 1. The lowest BCUT2D eigenvalue weighted by Gasteiger charge is -2.06. The third kappa shape index (κ3) is 4.31. The van der Waals surface area contributed by atoms with Gasteiger partial charge >= 0.3 is 0 Å². The lowest BCUT2D eigenvalue weighted by atomic mass is 10.1. The van der Waals surface area contributed by atoms with Crippen LogP contribution < -0.4 is 15.7 Å². The predicted octanol–water partition coefficient (Wildman–Crippen LogP) is 1.96. The Bertz CT molecular complexity index is 875. The molecule has 0 atom stereocenters. The average Bonchev–Trinajstić information content (AvgIpc) is 2.54. The van der Waals surface area contributed by atoms with E-state index in [0.29, 0.717) is 5.69 Å². The fourth-order valence-corrected chi connectivity index (χ4v) is 1.99. The van der Waals surface area contributed by atoms with E-state index in [1.54, 1.807) is 0 Å². The summed E-state index contributed by atoms with van der Waals surface area (Å²) in [6.45, 7) is 3.77. The van der Waals surface area contributed by atoms with Crippen LogP contribution in [0.15, 0.2) is 28.1 Å². The smallest absolute Gasteiger partial charge is 0.282 e. The number of hydrogen-bond donors (Lipinski definition) is 3. The van der Waals surface area contributed by atoms with Gasteiger partial charge in [-0.2, -0.15) is 5.10 Å². The molecule has 1 heterocycles. The Morgan fingerprint density at radius 3 is 2.76 bits per heavy atom. The van der Waals surface area contributed by atoms with Gasteiger partial charge in [0, 0.05) is 6.07 Å². The van der Waals surface area contributed by atoms with Crippen molar-refractivity contribution in [3.05, 3.63) is 49.9 Å².